The van der Waals surface area contributed by atoms with Crippen molar-refractivity contribution in [1.29, 1.82) is 0 Å². The van der Waals surface area contributed by atoms with E-state index in [2.05, 4.69) is 15.5 Å². The van der Waals surface area contributed by atoms with Crippen molar-refractivity contribution in [1.82, 2.24) is 20.4 Å². The minimum absolute atomic E-state index is 0.110. The normalized spacial score (nSPS) is 25.6. The fraction of sp³-hybridized carbons (Fsp3) is 0.500. The summed E-state index contributed by atoms with van der Waals surface area (Å²) >= 11 is 0. The van der Waals surface area contributed by atoms with E-state index in [0.29, 0.717) is 37.3 Å². The van der Waals surface area contributed by atoms with E-state index < -0.39 is 0 Å². The summed E-state index contributed by atoms with van der Waals surface area (Å²) in [5, 5.41) is 6.92. The molecular weight excluding hydrogens is 339 g/mol. The zero-order chi connectivity index (χ0) is 18.1. The first-order valence-electron chi connectivity index (χ1n) is 8.81. The van der Waals surface area contributed by atoms with Gasteiger partial charge >= 0.3 is 6.03 Å². The van der Waals surface area contributed by atoms with Gasteiger partial charge in [-0.05, 0) is 36.5 Å². The highest BCUT2D eigenvalue weighted by molar-refractivity contribution is 5.74. The number of amides is 2. The fourth-order valence-electron chi connectivity index (χ4n) is 3.47. The number of carbonyl (C=O) groups is 1. The predicted molar refractivity (Wildman–Crippen MR) is 90.0 cm³/mol. The number of urea groups is 1. The number of benzene rings is 1. The Morgan fingerprint density at radius 1 is 1.38 bits per heavy atom. The third-order valence-electron chi connectivity index (χ3n) is 4.97. The predicted octanol–water partition coefficient (Wildman–Crippen LogP) is 2.55. The molecule has 1 aliphatic heterocycles. The van der Waals surface area contributed by atoms with Gasteiger partial charge in [-0.2, -0.15) is 4.98 Å². The van der Waals surface area contributed by atoms with Gasteiger partial charge in [0.25, 0.3) is 0 Å². The molecule has 2 heterocycles. The molecule has 1 aliphatic carbocycles. The second-order valence-corrected chi connectivity index (χ2v) is 6.85. The lowest BCUT2D eigenvalue weighted by atomic mass is 9.76. The third-order valence-corrected chi connectivity index (χ3v) is 4.97. The monoisotopic (exact) mass is 360 g/mol. The Morgan fingerprint density at radius 3 is 2.96 bits per heavy atom. The van der Waals surface area contributed by atoms with Crippen LogP contribution in [0.2, 0.25) is 0 Å². The zero-order valence-electron chi connectivity index (χ0n) is 14.5. The quantitative estimate of drug-likeness (QED) is 0.910. The lowest BCUT2D eigenvalue weighted by Gasteiger charge is -2.39. The molecule has 0 bridgehead atoms. The molecule has 26 heavy (non-hydrogen) atoms. The van der Waals surface area contributed by atoms with E-state index in [1.807, 2.05) is 6.07 Å². The van der Waals surface area contributed by atoms with E-state index in [9.17, 15) is 9.18 Å². The molecule has 1 saturated carbocycles. The molecule has 2 aromatic rings. The summed E-state index contributed by atoms with van der Waals surface area (Å²) in [4.78, 5) is 18.4. The van der Waals surface area contributed by atoms with Crippen LogP contribution in [-0.2, 0) is 4.74 Å². The Labute approximate surface area is 150 Å². The number of rotatable bonds is 3. The largest absolute Gasteiger partial charge is 0.366 e. The number of aryl methyl sites for hydroxylation is 1. The Balaban J connectivity index is 1.29. The molecule has 138 valence electrons. The SMILES string of the molecule is Cc1nc(C2CN(C(=O)NC3CC(c4cccc(F)c4)C3)CCO2)no1. The van der Waals surface area contributed by atoms with Crippen LogP contribution in [0.15, 0.2) is 28.8 Å². The van der Waals surface area contributed by atoms with Crippen LogP contribution in [0.25, 0.3) is 0 Å². The van der Waals surface area contributed by atoms with Crippen LogP contribution < -0.4 is 5.32 Å². The van der Waals surface area contributed by atoms with Crippen LogP contribution in [0.4, 0.5) is 9.18 Å². The van der Waals surface area contributed by atoms with Crippen LogP contribution in [0.5, 0.6) is 0 Å². The molecule has 1 aromatic carbocycles. The first kappa shape index (κ1) is 17.0. The van der Waals surface area contributed by atoms with Gasteiger partial charge < -0.3 is 19.5 Å². The van der Waals surface area contributed by atoms with Crippen molar-refractivity contribution < 1.29 is 18.4 Å². The Bertz CT molecular complexity index is 790. The van der Waals surface area contributed by atoms with Crippen molar-refractivity contribution in [2.45, 2.75) is 37.8 Å². The second-order valence-electron chi connectivity index (χ2n) is 6.85. The van der Waals surface area contributed by atoms with E-state index in [4.69, 9.17) is 9.26 Å². The van der Waals surface area contributed by atoms with Crippen LogP contribution >= 0.6 is 0 Å². The van der Waals surface area contributed by atoms with Crippen molar-refractivity contribution in [3.8, 4) is 0 Å². The van der Waals surface area contributed by atoms with Gasteiger partial charge in [-0.1, -0.05) is 17.3 Å². The Morgan fingerprint density at radius 2 is 2.23 bits per heavy atom. The third kappa shape index (κ3) is 3.55. The van der Waals surface area contributed by atoms with Gasteiger partial charge in [0.05, 0.1) is 13.2 Å². The van der Waals surface area contributed by atoms with Gasteiger partial charge in [-0.15, -0.1) is 0 Å². The van der Waals surface area contributed by atoms with E-state index in [-0.39, 0.29) is 24.0 Å². The second kappa shape index (κ2) is 7.03. The number of hydrogen-bond donors (Lipinski definition) is 1. The van der Waals surface area contributed by atoms with Gasteiger partial charge in [-0.25, -0.2) is 9.18 Å². The maximum atomic E-state index is 13.3. The number of halogens is 1. The summed E-state index contributed by atoms with van der Waals surface area (Å²) in [6.07, 6.45) is 1.29. The number of aromatic nitrogens is 2. The average Bonchev–Trinajstić information content (AvgIpc) is 3.04. The molecule has 0 spiro atoms. The Hall–Kier alpha value is -2.48. The van der Waals surface area contributed by atoms with Crippen LogP contribution in [-0.4, -0.2) is 46.8 Å². The minimum atomic E-state index is -0.367. The van der Waals surface area contributed by atoms with Crippen molar-refractivity contribution in [2.75, 3.05) is 19.7 Å². The van der Waals surface area contributed by atoms with Crippen molar-refractivity contribution >= 4 is 6.03 Å². The lowest BCUT2D eigenvalue weighted by molar-refractivity contribution is -0.0216. The average molecular weight is 360 g/mol. The number of ether oxygens (including phenoxy) is 1. The van der Waals surface area contributed by atoms with Gasteiger partial charge in [0.1, 0.15) is 11.9 Å². The maximum absolute atomic E-state index is 13.3. The minimum Gasteiger partial charge on any atom is -0.366 e. The number of nitrogens with one attached hydrogen (secondary N) is 1. The first-order chi connectivity index (χ1) is 12.6. The number of morpholine rings is 1. The highest BCUT2D eigenvalue weighted by atomic mass is 19.1. The van der Waals surface area contributed by atoms with Gasteiger partial charge in [0.2, 0.25) is 11.7 Å². The number of nitrogens with zero attached hydrogens (tertiary/aromatic N) is 3. The maximum Gasteiger partial charge on any atom is 0.317 e. The molecule has 2 aliphatic rings. The lowest BCUT2D eigenvalue weighted by Crippen LogP contribution is -2.52. The summed E-state index contributed by atoms with van der Waals surface area (Å²) in [5.74, 6) is 1.03. The summed E-state index contributed by atoms with van der Waals surface area (Å²) in [5.41, 5.74) is 0.995. The van der Waals surface area contributed by atoms with Crippen LogP contribution in [0.3, 0.4) is 0 Å². The molecule has 0 radical (unpaired) electrons. The molecule has 1 N–H and O–H groups in total. The highest BCUT2D eigenvalue weighted by Gasteiger charge is 2.34. The summed E-state index contributed by atoms with van der Waals surface area (Å²) in [7, 11) is 0. The first-order valence-corrected chi connectivity index (χ1v) is 8.81. The fourth-order valence-corrected chi connectivity index (χ4v) is 3.47. The summed E-state index contributed by atoms with van der Waals surface area (Å²) in [6.45, 7) is 3.07. The molecule has 1 saturated heterocycles. The molecule has 1 aromatic heterocycles. The highest BCUT2D eigenvalue weighted by Crippen LogP contribution is 2.37. The molecule has 8 heteroatoms. The molecule has 1 unspecified atom stereocenters. The Kier molecular flexibility index (Phi) is 4.58. The zero-order valence-corrected chi connectivity index (χ0v) is 14.5. The van der Waals surface area contributed by atoms with Crippen LogP contribution in [0, 0.1) is 12.7 Å². The topological polar surface area (TPSA) is 80.5 Å². The van der Waals surface area contributed by atoms with Gasteiger partial charge in [-0.3, -0.25) is 0 Å². The van der Waals surface area contributed by atoms with Gasteiger partial charge in [0, 0.05) is 19.5 Å². The van der Waals surface area contributed by atoms with E-state index in [0.717, 1.165) is 18.4 Å². The van der Waals surface area contributed by atoms with E-state index in [1.165, 1.54) is 6.07 Å². The van der Waals surface area contributed by atoms with Crippen molar-refractivity contribution in [3.63, 3.8) is 0 Å². The summed E-state index contributed by atoms with van der Waals surface area (Å²) < 4.78 is 23.9. The molecule has 2 fully saturated rings. The van der Waals surface area contributed by atoms with Gasteiger partial charge in [0.15, 0.2) is 0 Å². The van der Waals surface area contributed by atoms with Crippen LogP contribution in [0.1, 0.15) is 42.1 Å². The van der Waals surface area contributed by atoms with E-state index in [1.54, 1.807) is 24.0 Å². The molecule has 2 amide bonds. The van der Waals surface area contributed by atoms with E-state index >= 15 is 0 Å². The van der Waals surface area contributed by atoms with Crippen molar-refractivity contribution in [2.24, 2.45) is 0 Å². The van der Waals surface area contributed by atoms with Crippen molar-refractivity contribution in [3.05, 3.63) is 47.4 Å². The molecule has 7 nitrogen and oxygen atoms in total. The number of hydrogen-bond acceptors (Lipinski definition) is 5. The molecule has 1 atom stereocenters. The smallest absolute Gasteiger partial charge is 0.317 e. The molecular formula is C18H21FN4O3. The standard InChI is InChI=1S/C18H21FN4O3/c1-11-20-17(22-26-11)16-10-23(5-6-25-16)18(24)21-15-8-13(9-15)12-3-2-4-14(19)7-12/h2-4,7,13,15-16H,5-6,8-10H2,1H3,(H,21,24). The summed E-state index contributed by atoms with van der Waals surface area (Å²) in [6, 6.07) is 6.68. The molecule has 4 rings (SSSR count). The number of carbonyl (C=O) groups excluding carboxylic acids is 1.